The van der Waals surface area contributed by atoms with Crippen molar-refractivity contribution >= 4 is 17.3 Å². The molecule has 0 radical (unpaired) electrons. The fraction of sp³-hybridized carbons (Fsp3) is 0.300. The van der Waals surface area contributed by atoms with Gasteiger partial charge >= 0.3 is 5.69 Å². The highest BCUT2D eigenvalue weighted by molar-refractivity contribution is 5.66. The second-order valence-electron chi connectivity index (χ2n) is 3.51. The van der Waals surface area contributed by atoms with Crippen molar-refractivity contribution in [1.29, 1.82) is 0 Å². The first-order chi connectivity index (χ1) is 9.11. The SMILES string of the molecule is CCOc1ncnc(Nc2cc(C)on2)c1[N+](=O)[O-]. The van der Waals surface area contributed by atoms with Crippen LogP contribution in [0.4, 0.5) is 17.3 Å². The largest absolute Gasteiger partial charge is 0.473 e. The van der Waals surface area contributed by atoms with E-state index in [1.807, 2.05) is 0 Å². The van der Waals surface area contributed by atoms with E-state index in [9.17, 15) is 10.1 Å². The zero-order valence-electron chi connectivity index (χ0n) is 10.3. The summed E-state index contributed by atoms with van der Waals surface area (Å²) in [6.45, 7) is 3.68. The van der Waals surface area contributed by atoms with Gasteiger partial charge in [-0.1, -0.05) is 5.16 Å². The summed E-state index contributed by atoms with van der Waals surface area (Å²) in [5.74, 6) is 0.799. The molecule has 9 nitrogen and oxygen atoms in total. The molecule has 2 aromatic heterocycles. The molecule has 0 aliphatic rings. The van der Waals surface area contributed by atoms with Crippen molar-refractivity contribution in [3.05, 3.63) is 28.3 Å². The summed E-state index contributed by atoms with van der Waals surface area (Å²) >= 11 is 0. The smallest absolute Gasteiger partial charge is 0.373 e. The van der Waals surface area contributed by atoms with E-state index >= 15 is 0 Å². The van der Waals surface area contributed by atoms with Crippen molar-refractivity contribution in [2.24, 2.45) is 0 Å². The topological polar surface area (TPSA) is 116 Å². The van der Waals surface area contributed by atoms with Crippen LogP contribution in [0.3, 0.4) is 0 Å². The van der Waals surface area contributed by atoms with E-state index in [0.29, 0.717) is 11.6 Å². The molecule has 2 rings (SSSR count). The number of hydrogen-bond acceptors (Lipinski definition) is 8. The molecular weight excluding hydrogens is 254 g/mol. The molecule has 0 spiro atoms. The molecule has 0 atom stereocenters. The molecule has 0 aromatic carbocycles. The maximum absolute atomic E-state index is 11.1. The van der Waals surface area contributed by atoms with E-state index in [1.165, 1.54) is 6.33 Å². The lowest BCUT2D eigenvalue weighted by Gasteiger charge is -2.06. The molecule has 0 fully saturated rings. The van der Waals surface area contributed by atoms with E-state index in [0.717, 1.165) is 0 Å². The van der Waals surface area contributed by atoms with Gasteiger partial charge in [0, 0.05) is 6.07 Å². The predicted octanol–water partition coefficient (Wildman–Crippen LogP) is 1.82. The molecule has 0 unspecified atom stereocenters. The summed E-state index contributed by atoms with van der Waals surface area (Å²) < 4.78 is 9.96. The van der Waals surface area contributed by atoms with Crippen molar-refractivity contribution in [3.8, 4) is 5.88 Å². The lowest BCUT2D eigenvalue weighted by Crippen LogP contribution is -2.05. The third-order valence-corrected chi connectivity index (χ3v) is 2.13. The number of aromatic nitrogens is 3. The highest BCUT2D eigenvalue weighted by Gasteiger charge is 2.24. The first-order valence-corrected chi connectivity index (χ1v) is 5.44. The molecule has 0 bridgehead atoms. The van der Waals surface area contributed by atoms with Crippen LogP contribution in [0, 0.1) is 17.0 Å². The van der Waals surface area contributed by atoms with Gasteiger partial charge in [-0.2, -0.15) is 4.98 Å². The van der Waals surface area contributed by atoms with Crippen molar-refractivity contribution in [2.75, 3.05) is 11.9 Å². The van der Waals surface area contributed by atoms with E-state index < -0.39 is 4.92 Å². The number of nitrogens with one attached hydrogen (secondary N) is 1. The summed E-state index contributed by atoms with van der Waals surface area (Å²) in [7, 11) is 0. The van der Waals surface area contributed by atoms with Crippen molar-refractivity contribution in [1.82, 2.24) is 15.1 Å². The van der Waals surface area contributed by atoms with E-state index in [1.54, 1.807) is 19.9 Å². The van der Waals surface area contributed by atoms with Crippen LogP contribution in [-0.4, -0.2) is 26.7 Å². The van der Waals surface area contributed by atoms with Crippen LogP contribution in [-0.2, 0) is 0 Å². The molecule has 2 heterocycles. The lowest BCUT2D eigenvalue weighted by atomic mass is 10.4. The van der Waals surface area contributed by atoms with Gasteiger partial charge in [0.15, 0.2) is 5.82 Å². The van der Waals surface area contributed by atoms with Crippen LogP contribution in [0.2, 0.25) is 0 Å². The molecule has 19 heavy (non-hydrogen) atoms. The van der Waals surface area contributed by atoms with Gasteiger partial charge in [0.2, 0.25) is 5.82 Å². The zero-order chi connectivity index (χ0) is 13.8. The van der Waals surface area contributed by atoms with Gasteiger partial charge in [-0.3, -0.25) is 10.1 Å². The summed E-state index contributed by atoms with van der Waals surface area (Å²) in [4.78, 5) is 18.0. The molecular formula is C10H11N5O4. The van der Waals surface area contributed by atoms with Gasteiger partial charge in [-0.15, -0.1) is 0 Å². The first kappa shape index (κ1) is 12.7. The van der Waals surface area contributed by atoms with Gasteiger partial charge in [-0.05, 0) is 13.8 Å². The van der Waals surface area contributed by atoms with Crippen molar-refractivity contribution in [3.63, 3.8) is 0 Å². The minimum absolute atomic E-state index is 0.00301. The molecule has 100 valence electrons. The van der Waals surface area contributed by atoms with Crippen LogP contribution < -0.4 is 10.1 Å². The van der Waals surface area contributed by atoms with Crippen molar-refractivity contribution < 1.29 is 14.2 Å². The third kappa shape index (κ3) is 2.76. The minimum atomic E-state index is -0.611. The van der Waals surface area contributed by atoms with Gasteiger partial charge in [0.25, 0.3) is 5.88 Å². The van der Waals surface area contributed by atoms with Crippen LogP contribution in [0.1, 0.15) is 12.7 Å². The fourth-order valence-electron chi connectivity index (χ4n) is 1.41. The average molecular weight is 265 g/mol. The Morgan fingerprint density at radius 3 is 2.89 bits per heavy atom. The summed E-state index contributed by atoms with van der Waals surface area (Å²) in [5.41, 5.74) is -0.343. The monoisotopic (exact) mass is 265 g/mol. The van der Waals surface area contributed by atoms with Gasteiger partial charge in [0.05, 0.1) is 11.5 Å². The fourth-order valence-corrected chi connectivity index (χ4v) is 1.41. The maximum Gasteiger partial charge on any atom is 0.373 e. The van der Waals surface area contributed by atoms with Crippen LogP contribution >= 0.6 is 0 Å². The Bertz CT molecular complexity index is 597. The number of rotatable bonds is 5. The third-order valence-electron chi connectivity index (χ3n) is 2.13. The number of ether oxygens (including phenoxy) is 1. The zero-order valence-corrected chi connectivity index (χ0v) is 10.3. The van der Waals surface area contributed by atoms with Crippen LogP contribution in [0.5, 0.6) is 5.88 Å². The van der Waals surface area contributed by atoms with Gasteiger partial charge in [0.1, 0.15) is 12.1 Å². The highest BCUT2D eigenvalue weighted by Crippen LogP contribution is 2.32. The molecule has 0 aliphatic heterocycles. The minimum Gasteiger partial charge on any atom is -0.473 e. The molecule has 1 N–H and O–H groups in total. The summed E-state index contributed by atoms with van der Waals surface area (Å²) in [6.07, 6.45) is 1.17. The Kier molecular flexibility index (Phi) is 3.55. The Morgan fingerprint density at radius 2 is 2.32 bits per heavy atom. The molecule has 0 amide bonds. The average Bonchev–Trinajstić information content (AvgIpc) is 2.75. The van der Waals surface area contributed by atoms with Crippen molar-refractivity contribution in [2.45, 2.75) is 13.8 Å². The summed E-state index contributed by atoms with van der Waals surface area (Å²) in [5, 5.41) is 17.4. The normalized spacial score (nSPS) is 10.2. The molecule has 9 heteroatoms. The van der Waals surface area contributed by atoms with Crippen LogP contribution in [0.25, 0.3) is 0 Å². The predicted molar refractivity (Wildman–Crippen MR) is 64.4 cm³/mol. The molecule has 0 saturated heterocycles. The number of hydrogen-bond donors (Lipinski definition) is 1. The lowest BCUT2D eigenvalue weighted by molar-refractivity contribution is -0.385. The van der Waals surface area contributed by atoms with Crippen LogP contribution in [0.15, 0.2) is 16.9 Å². The van der Waals surface area contributed by atoms with Gasteiger partial charge < -0.3 is 14.6 Å². The number of nitro groups is 1. The highest BCUT2D eigenvalue weighted by atomic mass is 16.6. The molecule has 0 saturated carbocycles. The Labute approximate surface area is 107 Å². The quantitative estimate of drug-likeness (QED) is 0.642. The first-order valence-electron chi connectivity index (χ1n) is 5.44. The van der Waals surface area contributed by atoms with E-state index in [2.05, 4.69) is 20.4 Å². The Morgan fingerprint density at radius 1 is 1.53 bits per heavy atom. The Balaban J connectivity index is 2.38. The standard InChI is InChI=1S/C10H11N5O4/c1-3-18-10-8(15(16)17)9(11-5-12-10)13-7-4-6(2)19-14-7/h4-5H,3H2,1-2H3,(H,11,12,13,14). The maximum atomic E-state index is 11.1. The Hall–Kier alpha value is -2.71. The van der Waals surface area contributed by atoms with E-state index in [4.69, 9.17) is 9.26 Å². The number of anilines is 2. The second kappa shape index (κ2) is 5.29. The number of nitrogens with zero attached hydrogens (tertiary/aromatic N) is 4. The molecule has 2 aromatic rings. The van der Waals surface area contributed by atoms with E-state index in [-0.39, 0.29) is 24.0 Å². The van der Waals surface area contributed by atoms with Gasteiger partial charge in [-0.25, -0.2) is 4.98 Å². The summed E-state index contributed by atoms with van der Waals surface area (Å²) in [6, 6.07) is 1.59. The number of aryl methyl sites for hydroxylation is 1. The second-order valence-corrected chi connectivity index (χ2v) is 3.51. The molecule has 0 aliphatic carbocycles.